The third-order valence-corrected chi connectivity index (χ3v) is 5.72. The summed E-state index contributed by atoms with van der Waals surface area (Å²) in [6, 6.07) is 14.4. The van der Waals surface area contributed by atoms with Crippen molar-refractivity contribution in [3.8, 4) is 6.07 Å². The molecule has 1 unspecified atom stereocenters. The van der Waals surface area contributed by atoms with Crippen molar-refractivity contribution in [2.75, 3.05) is 5.32 Å². The zero-order valence-corrected chi connectivity index (χ0v) is 15.0. The van der Waals surface area contributed by atoms with Gasteiger partial charge in [0.1, 0.15) is 0 Å². The van der Waals surface area contributed by atoms with Crippen LogP contribution in [-0.4, -0.2) is 16.1 Å². The predicted molar refractivity (Wildman–Crippen MR) is 99.7 cm³/mol. The maximum Gasteiger partial charge on any atom is 0.237 e. The van der Waals surface area contributed by atoms with Crippen LogP contribution in [0.4, 0.5) is 5.69 Å². The number of nitrogens with zero attached hydrogens (tertiary/aromatic N) is 2. The maximum atomic E-state index is 12.3. The number of thioether (sulfide) groups is 1. The molecule has 120 valence electrons. The Morgan fingerprint density at radius 3 is 2.79 bits per heavy atom. The minimum absolute atomic E-state index is 0.109. The number of aromatic nitrogens is 1. The van der Waals surface area contributed by atoms with E-state index >= 15 is 0 Å². The summed E-state index contributed by atoms with van der Waals surface area (Å²) in [5.41, 5.74) is 2.07. The zero-order valence-electron chi connectivity index (χ0n) is 12.6. The highest BCUT2D eigenvalue weighted by atomic mass is 35.5. The van der Waals surface area contributed by atoms with Gasteiger partial charge in [0, 0.05) is 10.7 Å². The lowest BCUT2D eigenvalue weighted by Crippen LogP contribution is -2.22. The smallest absolute Gasteiger partial charge is 0.237 e. The Morgan fingerprint density at radius 1 is 1.33 bits per heavy atom. The fourth-order valence-electron chi connectivity index (χ4n) is 2.01. The lowest BCUT2D eigenvalue weighted by atomic mass is 10.2. The lowest BCUT2D eigenvalue weighted by Gasteiger charge is -2.10. The van der Waals surface area contributed by atoms with Crippen LogP contribution in [0.3, 0.4) is 0 Å². The van der Waals surface area contributed by atoms with E-state index in [9.17, 15) is 4.79 Å². The van der Waals surface area contributed by atoms with Gasteiger partial charge in [-0.05, 0) is 49.4 Å². The molecule has 2 aromatic carbocycles. The molecule has 7 heteroatoms. The number of halogens is 1. The van der Waals surface area contributed by atoms with Gasteiger partial charge in [-0.2, -0.15) is 5.26 Å². The summed E-state index contributed by atoms with van der Waals surface area (Å²) in [5, 5.41) is 12.0. The molecule has 1 N–H and O–H groups in total. The molecule has 1 amide bonds. The van der Waals surface area contributed by atoms with E-state index in [1.54, 1.807) is 35.6 Å². The fraction of sp³-hybridized carbons (Fsp3) is 0.118. The molecule has 1 aromatic heterocycles. The number of anilines is 1. The molecule has 0 spiro atoms. The molecule has 0 bridgehead atoms. The summed E-state index contributed by atoms with van der Waals surface area (Å²) < 4.78 is 1.87. The van der Waals surface area contributed by atoms with Crippen molar-refractivity contribution < 1.29 is 4.79 Å². The van der Waals surface area contributed by atoms with Crippen LogP contribution in [0.2, 0.25) is 5.02 Å². The average Bonchev–Trinajstić information content (AvgIpc) is 2.96. The van der Waals surface area contributed by atoms with Gasteiger partial charge in [-0.1, -0.05) is 23.4 Å². The van der Waals surface area contributed by atoms with E-state index in [1.807, 2.05) is 31.2 Å². The number of carbonyl (C=O) groups excluding carboxylic acids is 1. The Labute approximate surface area is 152 Å². The van der Waals surface area contributed by atoms with E-state index in [0.29, 0.717) is 16.3 Å². The third kappa shape index (κ3) is 3.88. The van der Waals surface area contributed by atoms with Gasteiger partial charge in [0.05, 0.1) is 27.1 Å². The standard InChI is InChI=1S/C17H12ClN3OS2/c1-10(16(22)20-13-5-2-11(9-19)3-6-13)23-17-21-14-8-12(18)4-7-15(14)24-17/h2-8,10H,1H3,(H,20,22). The highest BCUT2D eigenvalue weighted by Gasteiger charge is 2.17. The molecule has 0 fully saturated rings. The number of fused-ring (bicyclic) bond motifs is 1. The summed E-state index contributed by atoms with van der Waals surface area (Å²) in [5.74, 6) is -0.109. The van der Waals surface area contributed by atoms with Gasteiger partial charge in [0.2, 0.25) is 5.91 Å². The highest BCUT2D eigenvalue weighted by Crippen LogP contribution is 2.33. The Balaban J connectivity index is 1.67. The number of rotatable bonds is 4. The summed E-state index contributed by atoms with van der Waals surface area (Å²) in [6.45, 7) is 1.84. The summed E-state index contributed by atoms with van der Waals surface area (Å²) in [4.78, 5) is 16.8. The van der Waals surface area contributed by atoms with Crippen LogP contribution < -0.4 is 5.32 Å². The summed E-state index contributed by atoms with van der Waals surface area (Å²) in [6.07, 6.45) is 0. The lowest BCUT2D eigenvalue weighted by molar-refractivity contribution is -0.115. The number of amides is 1. The molecule has 3 aromatic rings. The van der Waals surface area contributed by atoms with Crippen LogP contribution >= 0.6 is 34.7 Å². The first-order valence-corrected chi connectivity index (χ1v) is 9.16. The number of nitriles is 1. The van der Waals surface area contributed by atoms with E-state index in [0.717, 1.165) is 14.6 Å². The first-order chi connectivity index (χ1) is 11.5. The number of nitrogens with one attached hydrogen (secondary N) is 1. The van der Waals surface area contributed by atoms with Crippen molar-refractivity contribution >= 4 is 56.5 Å². The second kappa shape index (κ2) is 7.22. The van der Waals surface area contributed by atoms with E-state index in [4.69, 9.17) is 16.9 Å². The second-order valence-corrected chi connectivity index (χ2v) is 8.09. The second-order valence-electron chi connectivity index (χ2n) is 5.03. The molecule has 0 saturated heterocycles. The van der Waals surface area contributed by atoms with Crippen LogP contribution in [0.15, 0.2) is 46.8 Å². The van der Waals surface area contributed by atoms with Crippen LogP contribution in [0.5, 0.6) is 0 Å². The molecule has 1 atom stereocenters. The first kappa shape index (κ1) is 16.8. The molecule has 3 rings (SSSR count). The number of benzene rings is 2. The van der Waals surface area contributed by atoms with Gasteiger partial charge in [-0.3, -0.25) is 4.79 Å². The minimum Gasteiger partial charge on any atom is -0.325 e. The molecule has 0 saturated carbocycles. The molecule has 24 heavy (non-hydrogen) atoms. The first-order valence-electron chi connectivity index (χ1n) is 7.09. The molecular formula is C17H12ClN3OS2. The Hall–Kier alpha value is -2.07. The van der Waals surface area contributed by atoms with Gasteiger partial charge >= 0.3 is 0 Å². The van der Waals surface area contributed by atoms with E-state index in [-0.39, 0.29) is 11.2 Å². The normalized spacial score (nSPS) is 11.9. The largest absolute Gasteiger partial charge is 0.325 e. The number of carbonyl (C=O) groups is 1. The van der Waals surface area contributed by atoms with E-state index in [2.05, 4.69) is 10.3 Å². The van der Waals surface area contributed by atoms with Crippen LogP contribution in [-0.2, 0) is 4.79 Å². The summed E-state index contributed by atoms with van der Waals surface area (Å²) in [7, 11) is 0. The Morgan fingerprint density at radius 2 is 2.08 bits per heavy atom. The molecule has 4 nitrogen and oxygen atoms in total. The Kier molecular flexibility index (Phi) is 5.05. The molecule has 0 aliphatic heterocycles. The Bertz CT molecular complexity index is 931. The van der Waals surface area contributed by atoms with Crippen LogP contribution in [0.25, 0.3) is 10.2 Å². The van der Waals surface area contributed by atoms with Gasteiger partial charge in [-0.25, -0.2) is 4.98 Å². The quantitative estimate of drug-likeness (QED) is 0.658. The van der Waals surface area contributed by atoms with E-state index < -0.39 is 0 Å². The molecule has 0 radical (unpaired) electrons. The topological polar surface area (TPSA) is 65.8 Å². The molecular weight excluding hydrogens is 362 g/mol. The maximum absolute atomic E-state index is 12.3. The van der Waals surface area contributed by atoms with Crippen LogP contribution in [0.1, 0.15) is 12.5 Å². The SMILES string of the molecule is CC(Sc1nc2cc(Cl)ccc2s1)C(=O)Nc1ccc(C#N)cc1. The fourth-order valence-corrected chi connectivity index (χ4v) is 4.36. The van der Waals surface area contributed by atoms with Crippen molar-refractivity contribution in [3.63, 3.8) is 0 Å². The average molecular weight is 374 g/mol. The van der Waals surface area contributed by atoms with Crippen molar-refractivity contribution in [2.24, 2.45) is 0 Å². The van der Waals surface area contributed by atoms with Gasteiger partial charge < -0.3 is 5.32 Å². The van der Waals surface area contributed by atoms with Crippen LogP contribution in [0, 0.1) is 11.3 Å². The van der Waals surface area contributed by atoms with Crippen molar-refractivity contribution in [3.05, 3.63) is 53.1 Å². The van der Waals surface area contributed by atoms with Gasteiger partial charge in [0.15, 0.2) is 4.34 Å². The highest BCUT2D eigenvalue weighted by molar-refractivity contribution is 8.02. The summed E-state index contributed by atoms with van der Waals surface area (Å²) >= 11 is 8.92. The van der Waals surface area contributed by atoms with Gasteiger partial charge in [-0.15, -0.1) is 11.3 Å². The van der Waals surface area contributed by atoms with Gasteiger partial charge in [0.25, 0.3) is 0 Å². The minimum atomic E-state index is -0.295. The van der Waals surface area contributed by atoms with Crippen molar-refractivity contribution in [2.45, 2.75) is 16.5 Å². The molecule has 0 aliphatic rings. The van der Waals surface area contributed by atoms with Crippen molar-refractivity contribution in [1.29, 1.82) is 5.26 Å². The predicted octanol–water partition coefficient (Wildman–Crippen LogP) is 4.94. The number of thiazole rings is 1. The molecule has 1 heterocycles. The number of hydrogen-bond acceptors (Lipinski definition) is 5. The monoisotopic (exact) mass is 373 g/mol. The number of hydrogen-bond donors (Lipinski definition) is 1. The zero-order chi connectivity index (χ0) is 17.1. The van der Waals surface area contributed by atoms with Crippen molar-refractivity contribution in [1.82, 2.24) is 4.98 Å². The molecule has 0 aliphatic carbocycles. The third-order valence-electron chi connectivity index (χ3n) is 3.26. The van der Waals surface area contributed by atoms with E-state index in [1.165, 1.54) is 11.8 Å².